The summed E-state index contributed by atoms with van der Waals surface area (Å²) in [5, 5.41) is 2.79. The summed E-state index contributed by atoms with van der Waals surface area (Å²) in [7, 11) is -2.72. The molecule has 7 nitrogen and oxygen atoms in total. The number of sulfonamides is 1. The SMILES string of the molecule is CCc1ccc(N(CC(=O)Nc2ccc(Oc3ccccc3)cc2)S(=O)(=O)c2cc(C)ccc2OC)cc1. The molecule has 196 valence electrons. The topological polar surface area (TPSA) is 84.9 Å². The number of carbonyl (C=O) groups excluding carboxylic acids is 1. The van der Waals surface area contributed by atoms with Crippen LogP contribution in [-0.4, -0.2) is 28.0 Å². The van der Waals surface area contributed by atoms with E-state index in [1.807, 2.05) is 49.4 Å². The number of carbonyl (C=O) groups is 1. The Morgan fingerprint density at radius 2 is 1.53 bits per heavy atom. The second kappa shape index (κ2) is 11.8. The van der Waals surface area contributed by atoms with Crippen molar-refractivity contribution >= 4 is 27.3 Å². The van der Waals surface area contributed by atoms with Gasteiger partial charge in [0, 0.05) is 5.69 Å². The third-order valence-corrected chi connectivity index (χ3v) is 7.72. The van der Waals surface area contributed by atoms with E-state index in [9.17, 15) is 13.2 Å². The summed E-state index contributed by atoms with van der Waals surface area (Å²) >= 11 is 0. The zero-order valence-electron chi connectivity index (χ0n) is 21.5. The highest BCUT2D eigenvalue weighted by molar-refractivity contribution is 7.93. The summed E-state index contributed by atoms with van der Waals surface area (Å²) in [5.74, 6) is 1.03. The Morgan fingerprint density at radius 1 is 0.868 bits per heavy atom. The molecule has 0 radical (unpaired) electrons. The molecule has 0 spiro atoms. The second-order valence-corrected chi connectivity index (χ2v) is 10.5. The molecule has 0 saturated heterocycles. The van der Waals surface area contributed by atoms with Crippen LogP contribution in [0.4, 0.5) is 11.4 Å². The molecule has 4 rings (SSSR count). The smallest absolute Gasteiger partial charge is 0.268 e. The van der Waals surface area contributed by atoms with E-state index >= 15 is 0 Å². The van der Waals surface area contributed by atoms with Gasteiger partial charge in [0.1, 0.15) is 28.7 Å². The van der Waals surface area contributed by atoms with E-state index in [0.717, 1.165) is 21.9 Å². The van der Waals surface area contributed by atoms with Crippen LogP contribution in [-0.2, 0) is 21.2 Å². The Kier molecular flexibility index (Phi) is 8.33. The van der Waals surface area contributed by atoms with Gasteiger partial charge in [-0.2, -0.15) is 0 Å². The van der Waals surface area contributed by atoms with Crippen molar-refractivity contribution < 1.29 is 22.7 Å². The monoisotopic (exact) mass is 530 g/mol. The number of ether oxygens (including phenoxy) is 2. The number of aryl methyl sites for hydroxylation is 2. The number of anilines is 2. The van der Waals surface area contributed by atoms with E-state index in [1.165, 1.54) is 7.11 Å². The van der Waals surface area contributed by atoms with Gasteiger partial charge in [-0.05, 0) is 85.1 Å². The normalized spacial score (nSPS) is 11.0. The molecule has 4 aromatic rings. The van der Waals surface area contributed by atoms with Crippen LogP contribution in [0.25, 0.3) is 0 Å². The standard InChI is InChI=1S/C30H30N2O5S/c1-4-23-11-15-25(16-12-23)32(38(34,35)29-20-22(2)10-19-28(29)36-3)21-30(33)31-24-13-17-27(18-14-24)37-26-8-6-5-7-9-26/h5-20H,4,21H2,1-3H3,(H,31,33). The first-order valence-corrected chi connectivity index (χ1v) is 13.6. The minimum absolute atomic E-state index is 0.00483. The van der Waals surface area contributed by atoms with Crippen molar-refractivity contribution in [3.63, 3.8) is 0 Å². The van der Waals surface area contributed by atoms with E-state index in [4.69, 9.17) is 9.47 Å². The lowest BCUT2D eigenvalue weighted by Gasteiger charge is -2.25. The fourth-order valence-corrected chi connectivity index (χ4v) is 5.54. The molecule has 0 saturated carbocycles. The fourth-order valence-electron chi connectivity index (χ4n) is 3.88. The Bertz CT molecular complexity index is 1490. The molecule has 0 aliphatic heterocycles. The minimum Gasteiger partial charge on any atom is -0.495 e. The van der Waals surface area contributed by atoms with E-state index in [0.29, 0.717) is 22.9 Å². The molecule has 8 heteroatoms. The van der Waals surface area contributed by atoms with Crippen molar-refractivity contribution in [1.29, 1.82) is 0 Å². The lowest BCUT2D eigenvalue weighted by molar-refractivity contribution is -0.114. The molecule has 0 aliphatic rings. The Morgan fingerprint density at radius 3 is 2.16 bits per heavy atom. The summed E-state index contributed by atoms with van der Waals surface area (Å²) in [6.45, 7) is 3.40. The predicted molar refractivity (Wildman–Crippen MR) is 150 cm³/mol. The molecule has 0 heterocycles. The molecule has 38 heavy (non-hydrogen) atoms. The van der Waals surface area contributed by atoms with Crippen molar-refractivity contribution in [2.24, 2.45) is 0 Å². The molecule has 0 unspecified atom stereocenters. The number of benzene rings is 4. The van der Waals surface area contributed by atoms with Crippen LogP contribution in [0.15, 0.2) is 102 Å². The summed E-state index contributed by atoms with van der Waals surface area (Å²) in [6, 6.07) is 28.3. The quantitative estimate of drug-likeness (QED) is 0.264. The summed E-state index contributed by atoms with van der Waals surface area (Å²) in [5.41, 5.74) is 2.71. The minimum atomic E-state index is -4.14. The predicted octanol–water partition coefficient (Wildman–Crippen LogP) is 6.19. The number of para-hydroxylation sites is 1. The molecule has 0 atom stereocenters. The van der Waals surface area contributed by atoms with Crippen LogP contribution in [0.5, 0.6) is 17.2 Å². The molecule has 0 aromatic heterocycles. The number of nitrogens with one attached hydrogen (secondary N) is 1. The maximum absolute atomic E-state index is 13.9. The first-order chi connectivity index (χ1) is 18.3. The van der Waals surface area contributed by atoms with Crippen LogP contribution in [0.1, 0.15) is 18.1 Å². The average molecular weight is 531 g/mol. The van der Waals surface area contributed by atoms with Crippen LogP contribution >= 0.6 is 0 Å². The van der Waals surface area contributed by atoms with E-state index < -0.39 is 22.5 Å². The molecule has 1 amide bonds. The number of amides is 1. The molecule has 1 N–H and O–H groups in total. The second-order valence-electron chi connectivity index (χ2n) is 8.67. The number of hydrogen-bond acceptors (Lipinski definition) is 5. The zero-order chi connectivity index (χ0) is 27.1. The highest BCUT2D eigenvalue weighted by atomic mass is 32.2. The fraction of sp³-hybridized carbons (Fsp3) is 0.167. The highest BCUT2D eigenvalue weighted by Crippen LogP contribution is 2.31. The van der Waals surface area contributed by atoms with Crippen LogP contribution in [0, 0.1) is 6.92 Å². The van der Waals surface area contributed by atoms with Gasteiger partial charge in [-0.25, -0.2) is 8.42 Å². The molecule has 0 aliphatic carbocycles. The average Bonchev–Trinajstić information content (AvgIpc) is 2.93. The Hall–Kier alpha value is -4.30. The molecule has 0 fully saturated rings. The zero-order valence-corrected chi connectivity index (χ0v) is 22.4. The summed E-state index contributed by atoms with van der Waals surface area (Å²) in [4.78, 5) is 13.1. The van der Waals surface area contributed by atoms with Crippen molar-refractivity contribution in [3.8, 4) is 17.2 Å². The lowest BCUT2D eigenvalue weighted by atomic mass is 10.1. The highest BCUT2D eigenvalue weighted by Gasteiger charge is 2.30. The van der Waals surface area contributed by atoms with Crippen LogP contribution in [0.2, 0.25) is 0 Å². The van der Waals surface area contributed by atoms with Gasteiger partial charge in [0.15, 0.2) is 0 Å². The molecule has 0 bridgehead atoms. The van der Waals surface area contributed by atoms with Crippen molar-refractivity contribution in [2.75, 3.05) is 23.3 Å². The number of methoxy groups -OCH3 is 1. The van der Waals surface area contributed by atoms with E-state index in [2.05, 4.69) is 5.32 Å². The first-order valence-electron chi connectivity index (χ1n) is 12.2. The molecular weight excluding hydrogens is 500 g/mol. The third-order valence-electron chi connectivity index (χ3n) is 5.92. The van der Waals surface area contributed by atoms with Gasteiger partial charge < -0.3 is 14.8 Å². The maximum atomic E-state index is 13.9. The van der Waals surface area contributed by atoms with Crippen molar-refractivity contribution in [1.82, 2.24) is 0 Å². The van der Waals surface area contributed by atoms with Gasteiger partial charge in [-0.1, -0.05) is 43.3 Å². The lowest BCUT2D eigenvalue weighted by Crippen LogP contribution is -2.38. The van der Waals surface area contributed by atoms with E-state index in [-0.39, 0.29) is 10.6 Å². The first kappa shape index (κ1) is 26.8. The van der Waals surface area contributed by atoms with Gasteiger partial charge in [0.05, 0.1) is 12.8 Å². The van der Waals surface area contributed by atoms with Gasteiger partial charge in [-0.3, -0.25) is 9.10 Å². The number of rotatable bonds is 10. The van der Waals surface area contributed by atoms with Crippen LogP contribution < -0.4 is 19.1 Å². The van der Waals surface area contributed by atoms with Crippen molar-refractivity contribution in [2.45, 2.75) is 25.2 Å². The summed E-state index contributed by atoms with van der Waals surface area (Å²) < 4.78 is 40.0. The molecule has 4 aromatic carbocycles. The van der Waals surface area contributed by atoms with Gasteiger partial charge in [0.2, 0.25) is 5.91 Å². The summed E-state index contributed by atoms with van der Waals surface area (Å²) in [6.07, 6.45) is 0.809. The van der Waals surface area contributed by atoms with Gasteiger partial charge >= 0.3 is 0 Å². The number of hydrogen-bond donors (Lipinski definition) is 1. The third kappa shape index (κ3) is 6.33. The van der Waals surface area contributed by atoms with Gasteiger partial charge in [0.25, 0.3) is 10.0 Å². The van der Waals surface area contributed by atoms with Crippen molar-refractivity contribution in [3.05, 3.63) is 108 Å². The maximum Gasteiger partial charge on any atom is 0.268 e. The largest absolute Gasteiger partial charge is 0.495 e. The van der Waals surface area contributed by atoms with Crippen LogP contribution in [0.3, 0.4) is 0 Å². The van der Waals surface area contributed by atoms with Gasteiger partial charge in [-0.15, -0.1) is 0 Å². The Balaban J connectivity index is 1.58. The van der Waals surface area contributed by atoms with E-state index in [1.54, 1.807) is 61.5 Å². The number of nitrogens with zero attached hydrogens (tertiary/aromatic N) is 1. The Labute approximate surface area is 223 Å². The molecular formula is C30H30N2O5S.